The number of carbonyl (C=O) groups excluding carboxylic acids is 1. The summed E-state index contributed by atoms with van der Waals surface area (Å²) in [4.78, 5) is 16.2. The summed E-state index contributed by atoms with van der Waals surface area (Å²) in [6.45, 7) is 7.67. The van der Waals surface area contributed by atoms with Gasteiger partial charge in [0.2, 0.25) is 5.91 Å². The van der Waals surface area contributed by atoms with Gasteiger partial charge in [-0.15, -0.1) is 0 Å². The van der Waals surface area contributed by atoms with Crippen LogP contribution in [0.15, 0.2) is 53.7 Å². The van der Waals surface area contributed by atoms with E-state index in [0.717, 1.165) is 5.56 Å². The van der Waals surface area contributed by atoms with Gasteiger partial charge in [-0.3, -0.25) is 9.78 Å². The molecule has 0 aliphatic rings. The molecule has 6 heteroatoms. The molecule has 1 aromatic carbocycles. The first kappa shape index (κ1) is 20.1. The van der Waals surface area contributed by atoms with E-state index >= 15 is 0 Å². The van der Waals surface area contributed by atoms with Gasteiger partial charge in [-0.2, -0.15) is 0 Å². The zero-order valence-corrected chi connectivity index (χ0v) is 16.5. The van der Waals surface area contributed by atoms with Crippen molar-refractivity contribution in [1.29, 1.82) is 0 Å². The maximum atomic E-state index is 13.2. The monoisotopic (exact) mass is 374 g/mol. The number of aromatic nitrogens is 1. The van der Waals surface area contributed by atoms with Crippen molar-refractivity contribution in [2.75, 3.05) is 6.54 Å². The Hall–Kier alpha value is -2.21. The molecule has 0 aliphatic carbocycles. The van der Waals surface area contributed by atoms with E-state index < -0.39 is 15.1 Å². The molecule has 0 saturated heterocycles. The number of nitrogens with zero attached hydrogens (tertiary/aromatic N) is 1. The number of hydrogen-bond acceptors (Lipinski definition) is 4. The molecular formula is C20H26N2O3S. The van der Waals surface area contributed by atoms with Crippen LogP contribution < -0.4 is 5.32 Å². The summed E-state index contributed by atoms with van der Waals surface area (Å²) in [7, 11) is -3.67. The van der Waals surface area contributed by atoms with Gasteiger partial charge in [0.15, 0.2) is 9.84 Å². The Morgan fingerprint density at radius 3 is 2.19 bits per heavy atom. The molecule has 5 nitrogen and oxygen atoms in total. The number of nitrogens with one attached hydrogen (secondary N) is 1. The lowest BCUT2D eigenvalue weighted by Gasteiger charge is -2.20. The smallest absolute Gasteiger partial charge is 0.222 e. The molecule has 2 aromatic rings. The minimum absolute atomic E-state index is 0.0109. The van der Waals surface area contributed by atoms with Crippen LogP contribution in [-0.4, -0.2) is 25.9 Å². The van der Waals surface area contributed by atoms with Gasteiger partial charge >= 0.3 is 0 Å². The van der Waals surface area contributed by atoms with Crippen molar-refractivity contribution in [3.8, 4) is 0 Å². The standard InChI is InChI=1S/C20H26N2O3S/c1-14(2)16-7-9-18(10-8-16)26(24,25)19(13-22-20(23)15(3)4)17-6-5-11-21-12-17/h5-12,14-15,19H,13H2,1-4H3,(H,22,23). The van der Waals surface area contributed by atoms with Crippen LogP contribution in [0.5, 0.6) is 0 Å². The molecule has 2 rings (SSSR count). The van der Waals surface area contributed by atoms with E-state index in [4.69, 9.17) is 0 Å². The molecule has 140 valence electrons. The highest BCUT2D eigenvalue weighted by molar-refractivity contribution is 7.91. The molecule has 1 N–H and O–H groups in total. The van der Waals surface area contributed by atoms with Gasteiger partial charge in [0, 0.05) is 24.9 Å². The fourth-order valence-electron chi connectivity index (χ4n) is 2.58. The molecule has 1 heterocycles. The molecule has 0 saturated carbocycles. The van der Waals surface area contributed by atoms with Gasteiger partial charge in [0.25, 0.3) is 0 Å². The minimum Gasteiger partial charge on any atom is -0.354 e. The second-order valence-electron chi connectivity index (χ2n) is 6.94. The highest BCUT2D eigenvalue weighted by Crippen LogP contribution is 2.29. The third-order valence-electron chi connectivity index (χ3n) is 4.29. The molecule has 1 amide bonds. The summed E-state index contributed by atoms with van der Waals surface area (Å²) >= 11 is 0. The zero-order chi connectivity index (χ0) is 19.3. The molecule has 0 fully saturated rings. The van der Waals surface area contributed by atoms with Crippen LogP contribution in [0.2, 0.25) is 0 Å². The average Bonchev–Trinajstić information content (AvgIpc) is 2.62. The van der Waals surface area contributed by atoms with Crippen molar-refractivity contribution in [2.24, 2.45) is 5.92 Å². The highest BCUT2D eigenvalue weighted by Gasteiger charge is 2.30. The topological polar surface area (TPSA) is 76.1 Å². The minimum atomic E-state index is -3.67. The molecule has 0 radical (unpaired) electrons. The van der Waals surface area contributed by atoms with E-state index in [1.54, 1.807) is 44.3 Å². The van der Waals surface area contributed by atoms with Crippen LogP contribution in [0.3, 0.4) is 0 Å². The molecule has 26 heavy (non-hydrogen) atoms. The fourth-order valence-corrected chi connectivity index (χ4v) is 4.22. The Labute approximate surface area is 155 Å². The van der Waals surface area contributed by atoms with Gasteiger partial charge in [-0.05, 0) is 35.2 Å². The first-order valence-electron chi connectivity index (χ1n) is 8.75. The molecular weight excluding hydrogens is 348 g/mol. The molecule has 1 aromatic heterocycles. The van der Waals surface area contributed by atoms with Crippen molar-refractivity contribution >= 4 is 15.7 Å². The molecule has 1 unspecified atom stereocenters. The van der Waals surface area contributed by atoms with Crippen LogP contribution in [0.1, 0.15) is 50.0 Å². The second kappa shape index (κ2) is 8.45. The third kappa shape index (κ3) is 4.69. The predicted octanol–water partition coefficient (Wildman–Crippen LogP) is 3.49. The van der Waals surface area contributed by atoms with Crippen LogP contribution in [-0.2, 0) is 14.6 Å². The summed E-state index contributed by atoms with van der Waals surface area (Å²) in [6.07, 6.45) is 3.13. The Morgan fingerprint density at radius 2 is 1.69 bits per heavy atom. The Kier molecular flexibility index (Phi) is 6.53. The maximum absolute atomic E-state index is 13.2. The summed E-state index contributed by atoms with van der Waals surface area (Å²) in [5.41, 5.74) is 1.64. The van der Waals surface area contributed by atoms with Gasteiger partial charge in [0.1, 0.15) is 5.25 Å². The normalized spacial score (nSPS) is 13.0. The molecule has 0 spiro atoms. The summed E-state index contributed by atoms with van der Waals surface area (Å²) in [5, 5.41) is 1.85. The van der Waals surface area contributed by atoms with Gasteiger partial charge < -0.3 is 5.32 Å². The van der Waals surface area contributed by atoms with Gasteiger partial charge in [-0.1, -0.05) is 45.9 Å². The third-order valence-corrected chi connectivity index (χ3v) is 6.41. The SMILES string of the molecule is CC(C)C(=O)NCC(c1cccnc1)S(=O)(=O)c1ccc(C(C)C)cc1. The maximum Gasteiger partial charge on any atom is 0.222 e. The lowest BCUT2D eigenvalue weighted by Crippen LogP contribution is -2.34. The number of sulfone groups is 1. The van der Waals surface area contributed by atoms with Crippen molar-refractivity contribution in [2.45, 2.75) is 43.8 Å². The molecule has 0 bridgehead atoms. The van der Waals surface area contributed by atoms with Crippen LogP contribution in [0.4, 0.5) is 0 Å². The van der Waals surface area contributed by atoms with E-state index in [9.17, 15) is 13.2 Å². The zero-order valence-electron chi connectivity index (χ0n) is 15.6. The number of benzene rings is 1. The Balaban J connectivity index is 2.37. The number of rotatable bonds is 7. The highest BCUT2D eigenvalue weighted by atomic mass is 32.2. The Bertz CT molecular complexity index is 829. The van der Waals surface area contributed by atoms with Crippen molar-refractivity contribution in [1.82, 2.24) is 10.3 Å². The average molecular weight is 375 g/mol. The largest absolute Gasteiger partial charge is 0.354 e. The fraction of sp³-hybridized carbons (Fsp3) is 0.400. The lowest BCUT2D eigenvalue weighted by atomic mass is 10.0. The van der Waals surface area contributed by atoms with E-state index in [1.165, 1.54) is 6.20 Å². The molecule has 1 atom stereocenters. The van der Waals surface area contributed by atoms with E-state index in [1.807, 2.05) is 12.1 Å². The van der Waals surface area contributed by atoms with Crippen molar-refractivity contribution < 1.29 is 13.2 Å². The Morgan fingerprint density at radius 1 is 1.04 bits per heavy atom. The number of amides is 1. The van der Waals surface area contributed by atoms with Crippen LogP contribution in [0, 0.1) is 5.92 Å². The number of hydrogen-bond donors (Lipinski definition) is 1. The predicted molar refractivity (Wildman–Crippen MR) is 103 cm³/mol. The summed E-state index contributed by atoms with van der Waals surface area (Å²) < 4.78 is 26.4. The van der Waals surface area contributed by atoms with E-state index in [-0.39, 0.29) is 23.3 Å². The van der Waals surface area contributed by atoms with Crippen molar-refractivity contribution in [3.05, 3.63) is 59.9 Å². The quantitative estimate of drug-likeness (QED) is 0.805. The van der Waals surface area contributed by atoms with E-state index in [0.29, 0.717) is 11.5 Å². The number of carbonyl (C=O) groups is 1. The van der Waals surface area contributed by atoms with E-state index in [2.05, 4.69) is 24.1 Å². The second-order valence-corrected chi connectivity index (χ2v) is 9.07. The number of pyridine rings is 1. The van der Waals surface area contributed by atoms with Crippen molar-refractivity contribution in [3.63, 3.8) is 0 Å². The van der Waals surface area contributed by atoms with Crippen LogP contribution >= 0.6 is 0 Å². The van der Waals surface area contributed by atoms with Crippen LogP contribution in [0.25, 0.3) is 0 Å². The van der Waals surface area contributed by atoms with Gasteiger partial charge in [0.05, 0.1) is 4.90 Å². The molecule has 0 aliphatic heterocycles. The van der Waals surface area contributed by atoms with Gasteiger partial charge in [-0.25, -0.2) is 8.42 Å². The summed E-state index contributed by atoms with van der Waals surface area (Å²) in [5.74, 6) is -0.0620. The first-order valence-corrected chi connectivity index (χ1v) is 10.3. The summed E-state index contributed by atoms with van der Waals surface area (Å²) in [6, 6.07) is 10.4. The first-order chi connectivity index (χ1) is 12.2. The lowest BCUT2D eigenvalue weighted by molar-refractivity contribution is -0.123.